The van der Waals surface area contributed by atoms with Crippen molar-refractivity contribution in [3.63, 3.8) is 0 Å². The summed E-state index contributed by atoms with van der Waals surface area (Å²) in [7, 11) is 1.18. The maximum absolute atomic E-state index is 12.7. The second-order valence-corrected chi connectivity index (χ2v) is 13.8. The lowest BCUT2D eigenvalue weighted by Crippen LogP contribution is -2.45. The topological polar surface area (TPSA) is 108 Å². The summed E-state index contributed by atoms with van der Waals surface area (Å²) in [5.41, 5.74) is 0. The maximum Gasteiger partial charge on any atom is 0.268 e. The van der Waals surface area contributed by atoms with Crippen molar-refractivity contribution in [2.24, 2.45) is 0 Å². The van der Waals surface area contributed by atoms with Crippen molar-refractivity contribution in [3.05, 3.63) is 85.1 Å². The number of carbonyl (C=O) groups is 1. The number of hydrogen-bond donors (Lipinski definition) is 2. The molecule has 0 heterocycles. The van der Waals surface area contributed by atoms with Gasteiger partial charge in [0, 0.05) is 6.42 Å². The molecule has 3 atom stereocenters. The fourth-order valence-corrected chi connectivity index (χ4v) is 4.78. The molecule has 9 heteroatoms. The minimum absolute atomic E-state index is 0.0224. The molecule has 0 saturated carbocycles. The lowest BCUT2D eigenvalue weighted by molar-refractivity contribution is -0.870. The van der Waals surface area contributed by atoms with E-state index in [1.165, 1.54) is 0 Å². The predicted octanol–water partition coefficient (Wildman–Crippen LogP) is 8.04. The lowest BCUT2D eigenvalue weighted by atomic mass is 10.1. The Morgan fingerprint density at radius 2 is 1.23 bits per heavy atom. The Hall–Kier alpha value is -2.32. The number of nitrogens with zero attached hydrogens (tertiary/aromatic N) is 1. The van der Waals surface area contributed by atoms with E-state index in [1.54, 1.807) is 6.08 Å². The molecule has 0 aliphatic heterocycles. The molecular formula is C38H65N2O6P. The van der Waals surface area contributed by atoms with Crippen molar-refractivity contribution >= 4 is 13.7 Å². The average Bonchev–Trinajstić information content (AvgIpc) is 3.01. The highest BCUT2D eigenvalue weighted by Crippen LogP contribution is 2.38. The predicted molar refractivity (Wildman–Crippen MR) is 196 cm³/mol. The number of aliphatic hydroxyl groups is 1. The third-order valence-corrected chi connectivity index (χ3v) is 7.79. The van der Waals surface area contributed by atoms with E-state index < -0.39 is 26.6 Å². The molecule has 0 rings (SSSR count). The minimum atomic E-state index is -4.60. The monoisotopic (exact) mass is 676 g/mol. The zero-order valence-corrected chi connectivity index (χ0v) is 30.8. The lowest BCUT2D eigenvalue weighted by Gasteiger charge is -2.29. The zero-order valence-electron chi connectivity index (χ0n) is 29.9. The van der Waals surface area contributed by atoms with Crippen LogP contribution < -0.4 is 10.2 Å². The zero-order chi connectivity index (χ0) is 35.1. The van der Waals surface area contributed by atoms with Gasteiger partial charge >= 0.3 is 0 Å². The van der Waals surface area contributed by atoms with Crippen LogP contribution in [0.4, 0.5) is 0 Å². The van der Waals surface area contributed by atoms with Crippen LogP contribution in [-0.2, 0) is 18.4 Å². The summed E-state index contributed by atoms with van der Waals surface area (Å²) in [5, 5.41) is 13.6. The molecule has 0 aromatic rings. The Morgan fingerprint density at radius 1 is 0.745 bits per heavy atom. The van der Waals surface area contributed by atoms with Crippen LogP contribution in [0.2, 0.25) is 0 Å². The number of amides is 1. The highest BCUT2D eigenvalue weighted by molar-refractivity contribution is 7.45. The summed E-state index contributed by atoms with van der Waals surface area (Å²) in [4.78, 5) is 25.0. The van der Waals surface area contributed by atoms with Gasteiger partial charge in [-0.3, -0.25) is 9.36 Å². The number of phosphoric acid groups is 1. The number of carbonyl (C=O) groups excluding carboxylic acids is 1. The first-order valence-corrected chi connectivity index (χ1v) is 18.9. The summed E-state index contributed by atoms with van der Waals surface area (Å²) in [6.45, 7) is 4.28. The van der Waals surface area contributed by atoms with Gasteiger partial charge in [0.15, 0.2) is 0 Å². The molecule has 0 aliphatic rings. The van der Waals surface area contributed by atoms with Gasteiger partial charge in [-0.1, -0.05) is 98.9 Å². The van der Waals surface area contributed by atoms with Gasteiger partial charge in [-0.15, -0.1) is 0 Å². The normalized spacial score (nSPS) is 15.8. The van der Waals surface area contributed by atoms with Gasteiger partial charge < -0.3 is 28.8 Å². The maximum atomic E-state index is 12.7. The quantitative estimate of drug-likeness (QED) is 0.0359. The number of nitrogens with one attached hydrogen (secondary N) is 1. The Morgan fingerprint density at radius 3 is 1.81 bits per heavy atom. The van der Waals surface area contributed by atoms with Crippen molar-refractivity contribution in [2.75, 3.05) is 40.9 Å². The SMILES string of the molecule is CC/C=C\C/C=C\C/C=C\C/C=C\CCCCC(=O)NC(COP(=O)([O-])OCC[N+](C)(C)C)C(O)/C=C/CC/C=C/CC/C=C/CC. The smallest absolute Gasteiger partial charge is 0.268 e. The van der Waals surface area contributed by atoms with Gasteiger partial charge in [-0.05, 0) is 77.0 Å². The molecule has 47 heavy (non-hydrogen) atoms. The van der Waals surface area contributed by atoms with E-state index in [0.29, 0.717) is 23.9 Å². The summed E-state index contributed by atoms with van der Waals surface area (Å²) in [6, 6.07) is -0.932. The van der Waals surface area contributed by atoms with Crippen LogP contribution >= 0.6 is 7.82 Å². The number of allylic oxidation sites excluding steroid dienone is 13. The van der Waals surface area contributed by atoms with E-state index >= 15 is 0 Å². The van der Waals surface area contributed by atoms with Crippen LogP contribution in [0.5, 0.6) is 0 Å². The number of likely N-dealkylation sites (N-methyl/N-ethyl adjacent to an activating group) is 1. The molecule has 8 nitrogen and oxygen atoms in total. The van der Waals surface area contributed by atoms with Crippen LogP contribution in [0.3, 0.4) is 0 Å². The van der Waals surface area contributed by atoms with Crippen molar-refractivity contribution < 1.29 is 32.9 Å². The van der Waals surface area contributed by atoms with Gasteiger partial charge in [0.05, 0.1) is 39.9 Å². The fourth-order valence-electron chi connectivity index (χ4n) is 4.06. The molecule has 0 aliphatic carbocycles. The van der Waals surface area contributed by atoms with Crippen molar-refractivity contribution in [1.29, 1.82) is 0 Å². The van der Waals surface area contributed by atoms with Crippen LogP contribution in [-0.4, -0.2) is 68.5 Å². The van der Waals surface area contributed by atoms with E-state index in [0.717, 1.165) is 64.2 Å². The second-order valence-electron chi connectivity index (χ2n) is 12.4. The first-order chi connectivity index (χ1) is 22.5. The third-order valence-electron chi connectivity index (χ3n) is 6.83. The molecule has 1 amide bonds. The van der Waals surface area contributed by atoms with Gasteiger partial charge in [0.1, 0.15) is 13.2 Å². The number of rotatable bonds is 29. The summed E-state index contributed by atoms with van der Waals surface area (Å²) >= 11 is 0. The fraction of sp³-hybridized carbons (Fsp3) is 0.605. The van der Waals surface area contributed by atoms with Crippen molar-refractivity contribution in [3.8, 4) is 0 Å². The van der Waals surface area contributed by atoms with Gasteiger partial charge in [0.2, 0.25) is 5.91 Å². The first-order valence-electron chi connectivity index (χ1n) is 17.4. The molecule has 0 spiro atoms. The van der Waals surface area contributed by atoms with Crippen LogP contribution in [0, 0.1) is 0 Å². The molecule has 0 fully saturated rings. The number of unbranched alkanes of at least 4 members (excludes halogenated alkanes) is 4. The van der Waals surface area contributed by atoms with E-state index in [9.17, 15) is 19.4 Å². The Kier molecular flexibility index (Phi) is 28.3. The Balaban J connectivity index is 4.73. The first kappa shape index (κ1) is 44.7. The Labute approximate surface area is 286 Å². The number of phosphoric ester groups is 1. The van der Waals surface area contributed by atoms with Gasteiger partial charge in [0.25, 0.3) is 7.82 Å². The average molecular weight is 677 g/mol. The molecule has 3 unspecified atom stereocenters. The van der Waals surface area contributed by atoms with Crippen LogP contribution in [0.25, 0.3) is 0 Å². The highest BCUT2D eigenvalue weighted by atomic mass is 31.2. The standard InChI is InChI=1S/C38H65N2O6P/c1-6-8-10-12-14-16-18-19-20-21-22-24-26-28-30-32-38(42)39-36(35-46-47(43,44)45-34-33-40(3,4)5)37(41)31-29-27-25-23-17-15-13-11-9-7-2/h8-11,14,16-17,19-20,22-24,29,31,36-37,41H,6-7,12-13,15,18,21,25-28,30,32-35H2,1-5H3,(H-,39,42,43,44)/b10-8-,11-9+,16-14-,20-19-,23-17+,24-22-,31-29+. The largest absolute Gasteiger partial charge is 0.756 e. The van der Waals surface area contributed by atoms with Crippen molar-refractivity contribution in [2.45, 2.75) is 109 Å². The molecular weight excluding hydrogens is 611 g/mol. The third kappa shape index (κ3) is 32.0. The summed E-state index contributed by atoms with van der Waals surface area (Å²) in [5.74, 6) is -0.261. The second kappa shape index (κ2) is 29.8. The number of quaternary nitrogens is 1. The van der Waals surface area contributed by atoms with E-state index in [2.05, 4.69) is 92.1 Å². The molecule has 268 valence electrons. The number of hydrogen-bond acceptors (Lipinski definition) is 6. The van der Waals surface area contributed by atoms with E-state index in [1.807, 2.05) is 27.2 Å². The van der Waals surface area contributed by atoms with E-state index in [4.69, 9.17) is 9.05 Å². The van der Waals surface area contributed by atoms with E-state index in [-0.39, 0.29) is 18.9 Å². The number of aliphatic hydroxyl groups excluding tert-OH is 1. The molecule has 0 aromatic carbocycles. The van der Waals surface area contributed by atoms with Gasteiger partial charge in [-0.2, -0.15) is 0 Å². The summed E-state index contributed by atoms with van der Waals surface area (Å²) in [6.07, 6.45) is 39.3. The molecule has 0 saturated heterocycles. The molecule has 0 aromatic heterocycles. The van der Waals surface area contributed by atoms with Crippen LogP contribution in [0.1, 0.15) is 97.3 Å². The molecule has 0 bridgehead atoms. The summed E-state index contributed by atoms with van der Waals surface area (Å²) < 4.78 is 22.9. The van der Waals surface area contributed by atoms with Crippen LogP contribution in [0.15, 0.2) is 85.1 Å². The van der Waals surface area contributed by atoms with Crippen molar-refractivity contribution in [1.82, 2.24) is 5.32 Å². The van der Waals surface area contributed by atoms with Gasteiger partial charge in [-0.25, -0.2) is 0 Å². The highest BCUT2D eigenvalue weighted by Gasteiger charge is 2.23. The molecule has 0 radical (unpaired) electrons. The minimum Gasteiger partial charge on any atom is -0.756 e. The Bertz CT molecular complexity index is 1040. The molecule has 2 N–H and O–H groups in total.